The summed E-state index contributed by atoms with van der Waals surface area (Å²) in [7, 11) is 0. The van der Waals surface area contributed by atoms with Crippen LogP contribution in [-0.2, 0) is 11.2 Å². The average molecular weight is 289 g/mol. The van der Waals surface area contributed by atoms with Gasteiger partial charge in [0.15, 0.2) is 0 Å². The van der Waals surface area contributed by atoms with Gasteiger partial charge in [-0.25, -0.2) is 0 Å². The van der Waals surface area contributed by atoms with Crippen molar-refractivity contribution in [2.24, 2.45) is 5.92 Å². The molecule has 1 aliphatic carbocycles. The van der Waals surface area contributed by atoms with Gasteiger partial charge in [-0.1, -0.05) is 45.0 Å². The smallest absolute Gasteiger partial charge is 0.0750 e. The van der Waals surface area contributed by atoms with Gasteiger partial charge in [-0.15, -0.1) is 0 Å². The zero-order valence-corrected chi connectivity index (χ0v) is 14.1. The molecule has 0 heterocycles. The van der Waals surface area contributed by atoms with Gasteiger partial charge in [0.2, 0.25) is 0 Å². The lowest BCUT2D eigenvalue weighted by molar-refractivity contribution is -0.000669. The van der Waals surface area contributed by atoms with E-state index in [0.717, 1.165) is 13.2 Å². The highest BCUT2D eigenvalue weighted by Crippen LogP contribution is 2.39. The summed E-state index contributed by atoms with van der Waals surface area (Å²) in [4.78, 5) is 0. The lowest BCUT2D eigenvalue weighted by atomic mass is 9.73. The summed E-state index contributed by atoms with van der Waals surface area (Å²) in [6, 6.07) is 9.35. The lowest BCUT2D eigenvalue weighted by Gasteiger charge is -2.37. The van der Waals surface area contributed by atoms with Crippen LogP contribution in [0.5, 0.6) is 0 Å². The zero-order chi connectivity index (χ0) is 15.2. The molecular formula is C19H31NO. The number of fused-ring (bicyclic) bond motifs is 1. The van der Waals surface area contributed by atoms with Crippen LogP contribution in [0.4, 0.5) is 0 Å². The summed E-state index contributed by atoms with van der Waals surface area (Å²) in [5.41, 5.74) is 3.09. The zero-order valence-electron chi connectivity index (χ0n) is 14.1. The molecule has 2 heteroatoms. The fraction of sp³-hybridized carbons (Fsp3) is 0.684. The molecule has 0 spiro atoms. The molecule has 0 aliphatic heterocycles. The third-order valence-electron chi connectivity index (χ3n) is 4.57. The highest BCUT2D eigenvalue weighted by atomic mass is 16.5. The molecule has 0 saturated heterocycles. The summed E-state index contributed by atoms with van der Waals surface area (Å²) in [6.07, 6.45) is 3.92. The number of rotatable bonds is 9. The van der Waals surface area contributed by atoms with E-state index < -0.39 is 0 Å². The van der Waals surface area contributed by atoms with E-state index >= 15 is 0 Å². The topological polar surface area (TPSA) is 21.3 Å². The first-order valence-electron chi connectivity index (χ1n) is 8.60. The van der Waals surface area contributed by atoms with Gasteiger partial charge in [-0.2, -0.15) is 0 Å². The standard InChI is InChI=1S/C19H31NO/c1-5-11-20-18(19(14(3)4)21-6-2)13-16-12-15-9-7-8-10-17(15)16/h7-10,14,16,18-20H,5-6,11-13H2,1-4H3. The van der Waals surface area contributed by atoms with Crippen molar-refractivity contribution in [2.75, 3.05) is 13.2 Å². The molecule has 0 saturated carbocycles. The Labute approximate surface area is 130 Å². The Morgan fingerprint density at radius 2 is 2.00 bits per heavy atom. The molecule has 3 unspecified atom stereocenters. The van der Waals surface area contributed by atoms with Gasteiger partial charge in [-0.3, -0.25) is 0 Å². The van der Waals surface area contributed by atoms with Crippen molar-refractivity contribution < 1.29 is 4.74 Å². The van der Waals surface area contributed by atoms with E-state index in [2.05, 4.69) is 57.3 Å². The molecule has 0 radical (unpaired) electrons. The second-order valence-electron chi connectivity index (χ2n) is 6.56. The van der Waals surface area contributed by atoms with Gasteiger partial charge in [-0.05, 0) is 55.7 Å². The summed E-state index contributed by atoms with van der Waals surface area (Å²) < 4.78 is 6.06. The van der Waals surface area contributed by atoms with E-state index in [1.54, 1.807) is 5.56 Å². The summed E-state index contributed by atoms with van der Waals surface area (Å²) >= 11 is 0. The Kier molecular flexibility index (Phi) is 6.25. The summed E-state index contributed by atoms with van der Waals surface area (Å²) in [5.74, 6) is 1.26. The van der Waals surface area contributed by atoms with E-state index in [9.17, 15) is 0 Å². The van der Waals surface area contributed by atoms with Gasteiger partial charge in [0.25, 0.3) is 0 Å². The SMILES string of the molecule is CCCNC(CC1Cc2ccccc21)C(OCC)C(C)C. The second-order valence-corrected chi connectivity index (χ2v) is 6.56. The van der Waals surface area contributed by atoms with Crippen LogP contribution in [-0.4, -0.2) is 25.3 Å². The van der Waals surface area contributed by atoms with Gasteiger partial charge in [0, 0.05) is 12.6 Å². The molecular weight excluding hydrogens is 258 g/mol. The number of benzene rings is 1. The molecule has 2 nitrogen and oxygen atoms in total. The molecule has 118 valence electrons. The Bertz CT molecular complexity index is 429. The highest BCUT2D eigenvalue weighted by molar-refractivity contribution is 5.40. The van der Waals surface area contributed by atoms with E-state index in [0.29, 0.717) is 24.0 Å². The minimum atomic E-state index is 0.314. The maximum Gasteiger partial charge on any atom is 0.0750 e. The molecule has 1 aromatic carbocycles. The van der Waals surface area contributed by atoms with E-state index in [-0.39, 0.29) is 0 Å². The van der Waals surface area contributed by atoms with Crippen molar-refractivity contribution >= 4 is 0 Å². The van der Waals surface area contributed by atoms with Gasteiger partial charge in [0.1, 0.15) is 0 Å². The second kappa shape index (κ2) is 7.95. The van der Waals surface area contributed by atoms with Crippen molar-refractivity contribution in [2.45, 2.75) is 65.0 Å². The largest absolute Gasteiger partial charge is 0.377 e. The Morgan fingerprint density at radius 3 is 2.62 bits per heavy atom. The van der Waals surface area contributed by atoms with Crippen LogP contribution in [0.15, 0.2) is 24.3 Å². The quantitative estimate of drug-likeness (QED) is 0.737. The number of hydrogen-bond donors (Lipinski definition) is 1. The van der Waals surface area contributed by atoms with Crippen LogP contribution in [0.2, 0.25) is 0 Å². The van der Waals surface area contributed by atoms with E-state index in [4.69, 9.17) is 4.74 Å². The maximum absolute atomic E-state index is 6.06. The highest BCUT2D eigenvalue weighted by Gasteiger charge is 2.32. The Balaban J connectivity index is 2.03. The fourth-order valence-electron chi connectivity index (χ4n) is 3.51. The van der Waals surface area contributed by atoms with Crippen molar-refractivity contribution in [3.05, 3.63) is 35.4 Å². The molecule has 21 heavy (non-hydrogen) atoms. The van der Waals surface area contributed by atoms with Crippen LogP contribution >= 0.6 is 0 Å². The maximum atomic E-state index is 6.06. The molecule has 0 fully saturated rings. The van der Waals surface area contributed by atoms with Crippen LogP contribution in [0.25, 0.3) is 0 Å². The summed E-state index contributed by atoms with van der Waals surface area (Å²) in [6.45, 7) is 10.8. The van der Waals surface area contributed by atoms with Crippen LogP contribution < -0.4 is 5.32 Å². The van der Waals surface area contributed by atoms with Crippen molar-refractivity contribution in [3.63, 3.8) is 0 Å². The third kappa shape index (κ3) is 4.08. The fourth-order valence-corrected chi connectivity index (χ4v) is 3.51. The molecule has 0 bridgehead atoms. The first-order chi connectivity index (χ1) is 10.2. The Hall–Kier alpha value is -0.860. The molecule has 1 aromatic rings. The van der Waals surface area contributed by atoms with Gasteiger partial charge >= 0.3 is 0 Å². The van der Waals surface area contributed by atoms with Crippen LogP contribution in [0.3, 0.4) is 0 Å². The van der Waals surface area contributed by atoms with Gasteiger partial charge < -0.3 is 10.1 Å². The number of nitrogens with one attached hydrogen (secondary N) is 1. The lowest BCUT2D eigenvalue weighted by Crippen LogP contribution is -2.46. The van der Waals surface area contributed by atoms with Crippen molar-refractivity contribution in [1.29, 1.82) is 0 Å². The predicted molar refractivity (Wildman–Crippen MR) is 89.8 cm³/mol. The van der Waals surface area contributed by atoms with Crippen molar-refractivity contribution in [3.8, 4) is 0 Å². The normalized spacial score (nSPS) is 20.0. The van der Waals surface area contributed by atoms with Gasteiger partial charge in [0.05, 0.1) is 6.10 Å². The Morgan fingerprint density at radius 1 is 1.24 bits per heavy atom. The molecule has 0 amide bonds. The molecule has 2 rings (SSSR count). The molecule has 0 aromatic heterocycles. The van der Waals surface area contributed by atoms with E-state index in [1.807, 2.05) is 0 Å². The number of hydrogen-bond acceptors (Lipinski definition) is 2. The molecule has 1 aliphatic rings. The third-order valence-corrected chi connectivity index (χ3v) is 4.57. The monoisotopic (exact) mass is 289 g/mol. The van der Waals surface area contributed by atoms with E-state index in [1.165, 1.54) is 24.8 Å². The first-order valence-corrected chi connectivity index (χ1v) is 8.60. The van der Waals surface area contributed by atoms with Crippen molar-refractivity contribution in [1.82, 2.24) is 5.32 Å². The minimum absolute atomic E-state index is 0.314. The van der Waals surface area contributed by atoms with Crippen LogP contribution in [0, 0.1) is 5.92 Å². The number of ether oxygens (including phenoxy) is 1. The minimum Gasteiger partial charge on any atom is -0.377 e. The first kappa shape index (κ1) is 16.5. The molecule has 1 N–H and O–H groups in total. The molecule has 3 atom stereocenters. The summed E-state index contributed by atoms with van der Waals surface area (Å²) in [5, 5.41) is 3.74. The van der Waals surface area contributed by atoms with Crippen LogP contribution in [0.1, 0.15) is 57.6 Å². The predicted octanol–water partition coefficient (Wildman–Crippen LogP) is 4.15. The average Bonchev–Trinajstić information content (AvgIpc) is 2.45.